The molecule has 21 heavy (non-hydrogen) atoms. The molecular weight excluding hydrogens is 282 g/mol. The molecule has 2 saturated heterocycles. The van der Waals surface area contributed by atoms with Crippen molar-refractivity contribution in [3.63, 3.8) is 0 Å². The number of likely N-dealkylation sites (N-methyl/N-ethyl adjacent to an activating group) is 1. The number of carbonyl (C=O) groups excluding carboxylic acids is 1. The second-order valence-electron chi connectivity index (χ2n) is 6.45. The highest BCUT2D eigenvalue weighted by atomic mass is 16.6. The quantitative estimate of drug-likeness (QED) is 0.509. The first-order valence-corrected chi connectivity index (χ1v) is 6.91. The SMILES string of the molecule is CC1CC2C3([N+](=O)[O-])CN(C)CC2([N+](=O)[O-])C(CC3=O)O1. The molecule has 2 aliphatic heterocycles. The Bertz CT molecular complexity index is 539. The predicted molar refractivity (Wildman–Crippen MR) is 69.0 cm³/mol. The fourth-order valence-electron chi connectivity index (χ4n) is 4.49. The van der Waals surface area contributed by atoms with Gasteiger partial charge in [-0.1, -0.05) is 0 Å². The van der Waals surface area contributed by atoms with Crippen LogP contribution in [0.4, 0.5) is 0 Å². The summed E-state index contributed by atoms with van der Waals surface area (Å²) >= 11 is 0. The lowest BCUT2D eigenvalue weighted by Gasteiger charge is -2.55. The zero-order valence-corrected chi connectivity index (χ0v) is 11.9. The van der Waals surface area contributed by atoms with Gasteiger partial charge in [0.15, 0.2) is 0 Å². The van der Waals surface area contributed by atoms with E-state index in [0.29, 0.717) is 0 Å². The highest BCUT2D eigenvalue weighted by molar-refractivity contribution is 5.90. The van der Waals surface area contributed by atoms with Gasteiger partial charge < -0.3 is 4.74 Å². The monoisotopic (exact) mass is 299 g/mol. The molecule has 4 bridgehead atoms. The molecule has 5 unspecified atom stereocenters. The van der Waals surface area contributed by atoms with Gasteiger partial charge >= 0.3 is 5.54 Å². The minimum absolute atomic E-state index is 0.0709. The number of nitrogens with zero attached hydrogens (tertiary/aromatic N) is 3. The van der Waals surface area contributed by atoms with Crippen molar-refractivity contribution in [1.29, 1.82) is 0 Å². The minimum atomic E-state index is -1.88. The lowest BCUT2D eigenvalue weighted by Crippen LogP contribution is -2.82. The van der Waals surface area contributed by atoms with Gasteiger partial charge in [-0.15, -0.1) is 0 Å². The van der Waals surface area contributed by atoms with E-state index in [1.54, 1.807) is 14.0 Å². The molecule has 116 valence electrons. The zero-order valence-electron chi connectivity index (χ0n) is 11.9. The molecule has 3 rings (SSSR count). The molecule has 3 aliphatic rings. The number of hydrogen-bond donors (Lipinski definition) is 0. The van der Waals surface area contributed by atoms with Crippen molar-refractivity contribution < 1.29 is 19.4 Å². The number of ether oxygens (including phenoxy) is 1. The summed E-state index contributed by atoms with van der Waals surface area (Å²) in [6.45, 7) is 1.75. The van der Waals surface area contributed by atoms with E-state index >= 15 is 0 Å². The maximum absolute atomic E-state index is 12.4. The molecule has 0 radical (unpaired) electrons. The summed E-state index contributed by atoms with van der Waals surface area (Å²) in [5.41, 5.74) is -3.45. The fraction of sp³-hybridized carbons (Fsp3) is 0.917. The van der Waals surface area contributed by atoms with Crippen molar-refractivity contribution in [2.75, 3.05) is 20.1 Å². The molecule has 0 N–H and O–H groups in total. The summed E-state index contributed by atoms with van der Waals surface area (Å²) in [6, 6.07) is 0. The first kappa shape index (κ1) is 14.3. The Hall–Kier alpha value is -1.61. The maximum Gasteiger partial charge on any atom is 0.301 e. The maximum atomic E-state index is 12.4. The highest BCUT2D eigenvalue weighted by Gasteiger charge is 2.80. The van der Waals surface area contributed by atoms with Gasteiger partial charge in [-0.05, 0) is 20.4 Å². The Labute approximate surface area is 120 Å². The van der Waals surface area contributed by atoms with Crippen LogP contribution < -0.4 is 0 Å². The smallest absolute Gasteiger partial charge is 0.301 e. The van der Waals surface area contributed by atoms with E-state index in [-0.39, 0.29) is 32.0 Å². The van der Waals surface area contributed by atoms with Gasteiger partial charge in [0.1, 0.15) is 12.0 Å². The van der Waals surface area contributed by atoms with Crippen molar-refractivity contribution in [2.24, 2.45) is 5.92 Å². The summed E-state index contributed by atoms with van der Waals surface area (Å²) in [5, 5.41) is 23.5. The number of hydrogen-bond acceptors (Lipinski definition) is 7. The average molecular weight is 299 g/mol. The molecular formula is C12H17N3O6. The summed E-state index contributed by atoms with van der Waals surface area (Å²) in [5.74, 6) is -1.46. The largest absolute Gasteiger partial charge is 0.367 e. The number of carbonyl (C=O) groups is 1. The molecule has 0 aromatic carbocycles. The number of Topliss-reactive ketones (excluding diaryl/α,β-unsaturated/α-hetero) is 1. The molecule has 0 amide bonds. The molecule has 0 spiro atoms. The van der Waals surface area contributed by atoms with Gasteiger partial charge in [-0.25, -0.2) is 0 Å². The van der Waals surface area contributed by atoms with Crippen LogP contribution in [-0.4, -0.2) is 64.0 Å². The second-order valence-corrected chi connectivity index (χ2v) is 6.45. The van der Waals surface area contributed by atoms with Crippen LogP contribution in [0.25, 0.3) is 0 Å². The Balaban J connectivity index is 2.23. The van der Waals surface area contributed by atoms with E-state index < -0.39 is 38.7 Å². The molecule has 0 aromatic heterocycles. The molecule has 5 atom stereocenters. The molecule has 0 aromatic rings. The van der Waals surface area contributed by atoms with Gasteiger partial charge in [0, 0.05) is 16.3 Å². The summed E-state index contributed by atoms with van der Waals surface area (Å²) in [6.07, 6.45) is -1.29. The van der Waals surface area contributed by atoms with Crippen LogP contribution in [0, 0.1) is 26.1 Å². The molecule has 1 aliphatic carbocycles. The van der Waals surface area contributed by atoms with Gasteiger partial charge in [0.2, 0.25) is 5.78 Å². The minimum Gasteiger partial charge on any atom is -0.367 e. The normalized spacial score (nSPS) is 46.2. The Morgan fingerprint density at radius 3 is 2.52 bits per heavy atom. The lowest BCUT2D eigenvalue weighted by molar-refractivity contribution is -0.652. The van der Waals surface area contributed by atoms with Crippen LogP contribution in [0.3, 0.4) is 0 Å². The number of piperidine rings is 1. The van der Waals surface area contributed by atoms with Crippen LogP contribution in [0.2, 0.25) is 0 Å². The number of nitro groups is 2. The zero-order chi connectivity index (χ0) is 15.6. The lowest BCUT2D eigenvalue weighted by atomic mass is 9.55. The summed E-state index contributed by atoms with van der Waals surface area (Å²) < 4.78 is 5.64. The van der Waals surface area contributed by atoms with Gasteiger partial charge in [-0.3, -0.25) is 29.9 Å². The van der Waals surface area contributed by atoms with Crippen LogP contribution in [-0.2, 0) is 9.53 Å². The van der Waals surface area contributed by atoms with Crippen LogP contribution in [0.5, 0.6) is 0 Å². The standard InChI is InChI=1S/C12H17N3O6/c1-7-3-8-11(14(17)18)5-13(2)6-12(8,15(19)20)10(21-7)4-9(11)16/h7-8,10H,3-6H2,1-2H3. The first-order chi connectivity index (χ1) is 9.75. The van der Waals surface area contributed by atoms with Gasteiger partial charge in [0.05, 0.1) is 19.2 Å². The van der Waals surface area contributed by atoms with E-state index in [1.807, 2.05) is 0 Å². The van der Waals surface area contributed by atoms with Gasteiger partial charge in [0.25, 0.3) is 5.54 Å². The van der Waals surface area contributed by atoms with Gasteiger partial charge in [-0.2, -0.15) is 0 Å². The summed E-state index contributed by atoms with van der Waals surface area (Å²) in [4.78, 5) is 36.4. The third-order valence-corrected chi connectivity index (χ3v) is 5.26. The van der Waals surface area contributed by atoms with E-state index in [2.05, 4.69) is 0 Å². The topological polar surface area (TPSA) is 116 Å². The fourth-order valence-corrected chi connectivity index (χ4v) is 4.49. The average Bonchev–Trinajstić information content (AvgIpc) is 2.36. The van der Waals surface area contributed by atoms with Crippen molar-refractivity contribution in [3.8, 4) is 0 Å². The summed E-state index contributed by atoms with van der Waals surface area (Å²) in [7, 11) is 1.58. The molecule has 9 heteroatoms. The van der Waals surface area contributed by atoms with Crippen molar-refractivity contribution in [2.45, 2.75) is 43.1 Å². The highest BCUT2D eigenvalue weighted by Crippen LogP contribution is 2.52. The van der Waals surface area contributed by atoms with Crippen LogP contribution in [0.15, 0.2) is 0 Å². The third kappa shape index (κ3) is 1.55. The molecule has 2 heterocycles. The molecule has 1 saturated carbocycles. The van der Waals surface area contributed by atoms with E-state index in [0.717, 1.165) is 0 Å². The van der Waals surface area contributed by atoms with E-state index in [9.17, 15) is 25.0 Å². The number of likely N-dealkylation sites (tertiary alicyclic amines) is 1. The Kier molecular flexibility index (Phi) is 2.87. The van der Waals surface area contributed by atoms with Crippen molar-refractivity contribution in [1.82, 2.24) is 4.90 Å². The van der Waals surface area contributed by atoms with Crippen LogP contribution >= 0.6 is 0 Å². The predicted octanol–water partition coefficient (Wildman–Crippen LogP) is -0.271. The Morgan fingerprint density at radius 1 is 1.29 bits per heavy atom. The third-order valence-electron chi connectivity index (χ3n) is 5.26. The number of ketones is 1. The second kappa shape index (κ2) is 4.20. The molecule has 9 nitrogen and oxygen atoms in total. The van der Waals surface area contributed by atoms with Crippen LogP contribution in [0.1, 0.15) is 19.8 Å². The van der Waals surface area contributed by atoms with E-state index in [1.165, 1.54) is 4.90 Å². The number of rotatable bonds is 2. The van der Waals surface area contributed by atoms with Crippen molar-refractivity contribution in [3.05, 3.63) is 20.2 Å². The van der Waals surface area contributed by atoms with E-state index in [4.69, 9.17) is 4.74 Å². The first-order valence-electron chi connectivity index (χ1n) is 6.91. The molecule has 3 fully saturated rings. The Morgan fingerprint density at radius 2 is 1.95 bits per heavy atom. The van der Waals surface area contributed by atoms with Crippen molar-refractivity contribution >= 4 is 5.78 Å².